The highest BCUT2D eigenvalue weighted by Crippen LogP contribution is 2.20. The summed E-state index contributed by atoms with van der Waals surface area (Å²) in [6, 6.07) is 9.93. The maximum Gasteiger partial charge on any atom is 0.234 e. The van der Waals surface area contributed by atoms with Gasteiger partial charge in [0.05, 0.1) is 6.54 Å². The van der Waals surface area contributed by atoms with Crippen LogP contribution in [0, 0.1) is 5.92 Å². The summed E-state index contributed by atoms with van der Waals surface area (Å²) in [4.78, 5) is 26.3. The van der Waals surface area contributed by atoms with E-state index < -0.39 is 0 Å². The number of nitrogens with zero attached hydrogens (tertiary/aromatic N) is 1. The number of carbonyl (C=O) groups excluding carboxylic acids is 2. The summed E-state index contributed by atoms with van der Waals surface area (Å²) >= 11 is 0. The first-order chi connectivity index (χ1) is 11.8. The molecule has 0 aliphatic carbocycles. The molecular weight excluding hydrogens is 314 g/mol. The minimum absolute atomic E-state index is 0.0628. The molecule has 0 atom stereocenters. The number of nitrogens with one attached hydrogen (secondary N) is 2. The van der Waals surface area contributed by atoms with Crippen molar-refractivity contribution in [3.05, 3.63) is 35.9 Å². The molecule has 5 heteroatoms. The van der Waals surface area contributed by atoms with E-state index in [0.717, 1.165) is 31.5 Å². The Bertz CT molecular complexity index is 558. The third-order valence-electron chi connectivity index (χ3n) is 4.40. The fraction of sp³-hybridized carbons (Fsp3) is 0.600. The number of amides is 2. The minimum Gasteiger partial charge on any atom is -0.352 e. The standard InChI is InChI=1S/C20H31N3O2/c1-20(2,3)22-18(24)13-16-9-11-23(12-10-16)15-19(25)21-14-17-7-5-4-6-8-17/h4-8,16H,9-15H2,1-3H3,(H,21,25)(H,22,24). The molecule has 1 aromatic carbocycles. The minimum atomic E-state index is -0.172. The van der Waals surface area contributed by atoms with Gasteiger partial charge in [0, 0.05) is 18.5 Å². The second kappa shape index (κ2) is 8.99. The summed E-state index contributed by atoms with van der Waals surface area (Å²) in [6.45, 7) is 8.78. The predicted octanol–water partition coefficient (Wildman–Crippen LogP) is 2.32. The lowest BCUT2D eigenvalue weighted by molar-refractivity contribution is -0.125. The van der Waals surface area contributed by atoms with Crippen LogP contribution in [0.25, 0.3) is 0 Å². The highest BCUT2D eigenvalue weighted by Gasteiger charge is 2.24. The molecule has 1 saturated heterocycles. The van der Waals surface area contributed by atoms with E-state index in [1.165, 1.54) is 0 Å². The Morgan fingerprint density at radius 2 is 1.72 bits per heavy atom. The summed E-state index contributed by atoms with van der Waals surface area (Å²) in [6.07, 6.45) is 2.54. The number of rotatable bonds is 6. The van der Waals surface area contributed by atoms with Crippen molar-refractivity contribution < 1.29 is 9.59 Å². The van der Waals surface area contributed by atoms with Gasteiger partial charge in [-0.3, -0.25) is 14.5 Å². The van der Waals surface area contributed by atoms with E-state index in [1.54, 1.807) is 0 Å². The Kier molecular flexibility index (Phi) is 7.00. The van der Waals surface area contributed by atoms with Gasteiger partial charge < -0.3 is 10.6 Å². The van der Waals surface area contributed by atoms with Crippen molar-refractivity contribution in [3.8, 4) is 0 Å². The Labute approximate surface area is 151 Å². The number of benzene rings is 1. The SMILES string of the molecule is CC(C)(C)NC(=O)CC1CCN(CC(=O)NCc2ccccc2)CC1. The second-order valence-electron chi connectivity index (χ2n) is 7.98. The monoisotopic (exact) mass is 345 g/mol. The molecule has 2 rings (SSSR count). The van der Waals surface area contributed by atoms with Gasteiger partial charge in [0.15, 0.2) is 0 Å². The van der Waals surface area contributed by atoms with Crippen molar-refractivity contribution in [2.24, 2.45) is 5.92 Å². The van der Waals surface area contributed by atoms with Crippen LogP contribution in [0.15, 0.2) is 30.3 Å². The van der Waals surface area contributed by atoms with Gasteiger partial charge >= 0.3 is 0 Å². The topological polar surface area (TPSA) is 61.4 Å². The largest absolute Gasteiger partial charge is 0.352 e. The van der Waals surface area contributed by atoms with Gasteiger partial charge in [-0.05, 0) is 58.2 Å². The van der Waals surface area contributed by atoms with Crippen molar-refractivity contribution in [1.82, 2.24) is 15.5 Å². The Balaban J connectivity index is 1.64. The zero-order valence-electron chi connectivity index (χ0n) is 15.7. The lowest BCUT2D eigenvalue weighted by atomic mass is 9.92. The fourth-order valence-corrected chi connectivity index (χ4v) is 3.14. The van der Waals surface area contributed by atoms with Crippen molar-refractivity contribution >= 4 is 11.8 Å². The number of likely N-dealkylation sites (tertiary alicyclic amines) is 1. The van der Waals surface area contributed by atoms with Gasteiger partial charge in [0.1, 0.15) is 0 Å². The van der Waals surface area contributed by atoms with Gasteiger partial charge in [0.25, 0.3) is 0 Å². The van der Waals surface area contributed by atoms with Gasteiger partial charge in [-0.2, -0.15) is 0 Å². The normalized spacial score (nSPS) is 16.4. The molecule has 1 heterocycles. The van der Waals surface area contributed by atoms with Gasteiger partial charge in [-0.25, -0.2) is 0 Å². The molecule has 138 valence electrons. The number of hydrogen-bond acceptors (Lipinski definition) is 3. The lowest BCUT2D eigenvalue weighted by Crippen LogP contribution is -2.44. The molecule has 0 unspecified atom stereocenters. The molecule has 1 aromatic rings. The summed E-state index contributed by atoms with van der Waals surface area (Å²) in [5.74, 6) is 0.616. The highest BCUT2D eigenvalue weighted by molar-refractivity contribution is 5.78. The van der Waals surface area contributed by atoms with Crippen LogP contribution in [0.5, 0.6) is 0 Å². The number of hydrogen-bond donors (Lipinski definition) is 2. The van der Waals surface area contributed by atoms with Crippen molar-refractivity contribution in [2.75, 3.05) is 19.6 Å². The highest BCUT2D eigenvalue weighted by atomic mass is 16.2. The van der Waals surface area contributed by atoms with Crippen molar-refractivity contribution in [3.63, 3.8) is 0 Å². The molecule has 0 aromatic heterocycles. The summed E-state index contributed by atoms with van der Waals surface area (Å²) in [5, 5.41) is 6.00. The van der Waals surface area contributed by atoms with Crippen LogP contribution in [-0.4, -0.2) is 41.9 Å². The second-order valence-corrected chi connectivity index (χ2v) is 7.98. The summed E-state index contributed by atoms with van der Waals surface area (Å²) in [5.41, 5.74) is 0.939. The molecule has 1 aliphatic rings. The van der Waals surface area contributed by atoms with Crippen LogP contribution in [-0.2, 0) is 16.1 Å². The van der Waals surface area contributed by atoms with Crippen LogP contribution < -0.4 is 10.6 Å². The van der Waals surface area contributed by atoms with E-state index >= 15 is 0 Å². The third-order valence-corrected chi connectivity index (χ3v) is 4.40. The molecule has 2 amide bonds. The average molecular weight is 345 g/mol. The van der Waals surface area contributed by atoms with Crippen LogP contribution in [0.3, 0.4) is 0 Å². The molecule has 5 nitrogen and oxygen atoms in total. The Hall–Kier alpha value is -1.88. The molecule has 1 aliphatic heterocycles. The molecule has 0 radical (unpaired) electrons. The van der Waals surface area contributed by atoms with Crippen LogP contribution in [0.4, 0.5) is 0 Å². The molecular formula is C20H31N3O2. The molecule has 2 N–H and O–H groups in total. The van der Waals surface area contributed by atoms with Crippen LogP contribution in [0.1, 0.15) is 45.6 Å². The van der Waals surface area contributed by atoms with Crippen LogP contribution in [0.2, 0.25) is 0 Å². The predicted molar refractivity (Wildman–Crippen MR) is 100.0 cm³/mol. The van der Waals surface area contributed by atoms with Gasteiger partial charge in [-0.15, -0.1) is 0 Å². The van der Waals surface area contributed by atoms with E-state index in [0.29, 0.717) is 25.4 Å². The average Bonchev–Trinajstić information content (AvgIpc) is 2.54. The molecule has 25 heavy (non-hydrogen) atoms. The summed E-state index contributed by atoms with van der Waals surface area (Å²) < 4.78 is 0. The van der Waals surface area contributed by atoms with Crippen molar-refractivity contribution in [1.29, 1.82) is 0 Å². The smallest absolute Gasteiger partial charge is 0.234 e. The maximum absolute atomic E-state index is 12.1. The quantitative estimate of drug-likeness (QED) is 0.832. The van der Waals surface area contributed by atoms with Crippen molar-refractivity contribution in [2.45, 2.75) is 52.1 Å². The lowest BCUT2D eigenvalue weighted by Gasteiger charge is -2.31. The van der Waals surface area contributed by atoms with E-state index in [-0.39, 0.29) is 17.4 Å². The molecule has 0 spiro atoms. The number of piperidine rings is 1. The molecule has 0 saturated carbocycles. The first kappa shape index (κ1) is 19.4. The third kappa shape index (κ3) is 7.69. The van der Waals surface area contributed by atoms with E-state index in [9.17, 15) is 9.59 Å². The summed E-state index contributed by atoms with van der Waals surface area (Å²) in [7, 11) is 0. The Morgan fingerprint density at radius 1 is 1.08 bits per heavy atom. The van der Waals surface area contributed by atoms with E-state index in [2.05, 4.69) is 15.5 Å². The first-order valence-corrected chi connectivity index (χ1v) is 9.16. The maximum atomic E-state index is 12.1. The molecule has 0 bridgehead atoms. The molecule has 1 fully saturated rings. The van der Waals surface area contributed by atoms with Gasteiger partial charge in [-0.1, -0.05) is 30.3 Å². The Morgan fingerprint density at radius 3 is 2.32 bits per heavy atom. The first-order valence-electron chi connectivity index (χ1n) is 9.16. The van der Waals surface area contributed by atoms with Crippen LogP contribution >= 0.6 is 0 Å². The zero-order chi connectivity index (χ0) is 18.3. The number of carbonyl (C=O) groups is 2. The zero-order valence-corrected chi connectivity index (χ0v) is 15.7. The van der Waals surface area contributed by atoms with E-state index in [4.69, 9.17) is 0 Å². The van der Waals surface area contributed by atoms with Gasteiger partial charge in [0.2, 0.25) is 11.8 Å². The fourth-order valence-electron chi connectivity index (χ4n) is 3.14. The van der Waals surface area contributed by atoms with E-state index in [1.807, 2.05) is 51.1 Å².